The van der Waals surface area contributed by atoms with Crippen LogP contribution in [0.4, 0.5) is 0 Å². The number of rotatable bonds is 2. The Morgan fingerprint density at radius 3 is 2.47 bits per heavy atom. The molecule has 0 saturated carbocycles. The number of hydrogen-bond acceptors (Lipinski definition) is 1. The van der Waals surface area contributed by atoms with Gasteiger partial charge in [-0.25, -0.2) is 4.68 Å². The fourth-order valence-electron chi connectivity index (χ4n) is 1.82. The Morgan fingerprint density at radius 1 is 1.24 bits per heavy atom. The maximum atomic E-state index is 4.60. The number of benzene rings is 1. The lowest BCUT2D eigenvalue weighted by Crippen LogP contribution is -2.02. The van der Waals surface area contributed by atoms with Gasteiger partial charge in [-0.2, -0.15) is 5.10 Å². The molecule has 0 bridgehead atoms. The highest BCUT2D eigenvalue weighted by atomic mass is 79.9. The van der Waals surface area contributed by atoms with Crippen molar-refractivity contribution in [1.29, 1.82) is 0 Å². The average Bonchev–Trinajstić information content (AvgIpc) is 2.57. The molecule has 0 saturated heterocycles. The maximum absolute atomic E-state index is 4.60. The molecule has 0 aliphatic carbocycles. The summed E-state index contributed by atoms with van der Waals surface area (Å²) in [6.07, 6.45) is 0. The lowest BCUT2D eigenvalue weighted by Gasteiger charge is -2.10. The summed E-state index contributed by atoms with van der Waals surface area (Å²) >= 11 is 7.03. The van der Waals surface area contributed by atoms with Crippen LogP contribution in [0.25, 0.3) is 5.69 Å². The van der Waals surface area contributed by atoms with Crippen LogP contribution in [0.15, 0.2) is 22.7 Å². The second kappa shape index (κ2) is 4.94. The average molecular weight is 358 g/mol. The Morgan fingerprint density at radius 2 is 1.94 bits per heavy atom. The number of nitrogens with zero attached hydrogens (tertiary/aromatic N) is 2. The second-order valence-corrected chi connectivity index (χ2v) is 5.59. The van der Waals surface area contributed by atoms with E-state index in [0.29, 0.717) is 0 Å². The molecule has 1 aromatic heterocycles. The number of hydrogen-bond donors (Lipinski definition) is 0. The molecule has 0 N–H and O–H groups in total. The Hall–Kier alpha value is -0.610. The van der Waals surface area contributed by atoms with Crippen LogP contribution in [0.1, 0.15) is 22.5 Å². The lowest BCUT2D eigenvalue weighted by molar-refractivity contribution is 0.826. The van der Waals surface area contributed by atoms with Crippen LogP contribution in [0.3, 0.4) is 0 Å². The van der Waals surface area contributed by atoms with E-state index in [-0.39, 0.29) is 0 Å². The third-order valence-corrected chi connectivity index (χ3v) is 4.16. The van der Waals surface area contributed by atoms with Crippen molar-refractivity contribution < 1.29 is 0 Å². The smallest absolute Gasteiger partial charge is 0.0690 e. The molecule has 0 amide bonds. The van der Waals surface area contributed by atoms with Gasteiger partial charge < -0.3 is 0 Å². The summed E-state index contributed by atoms with van der Waals surface area (Å²) in [6, 6.07) is 6.27. The highest BCUT2D eigenvalue weighted by Gasteiger charge is 2.11. The molecule has 1 aromatic carbocycles. The van der Waals surface area contributed by atoms with E-state index < -0.39 is 0 Å². The summed E-state index contributed by atoms with van der Waals surface area (Å²) in [6.45, 7) is 6.27. The molecule has 0 aliphatic heterocycles. The largest absolute Gasteiger partial charge is 0.237 e. The molecule has 4 heteroatoms. The van der Waals surface area contributed by atoms with Crippen molar-refractivity contribution >= 4 is 31.9 Å². The summed E-state index contributed by atoms with van der Waals surface area (Å²) in [5.74, 6) is 0. The van der Waals surface area contributed by atoms with E-state index >= 15 is 0 Å². The zero-order valence-electron chi connectivity index (χ0n) is 10.1. The van der Waals surface area contributed by atoms with E-state index in [0.717, 1.165) is 21.2 Å². The molecule has 0 fully saturated rings. The van der Waals surface area contributed by atoms with Gasteiger partial charge in [0.05, 0.1) is 11.4 Å². The highest BCUT2D eigenvalue weighted by molar-refractivity contribution is 9.10. The second-order valence-electron chi connectivity index (χ2n) is 4.11. The third-order valence-electron chi connectivity index (χ3n) is 3.07. The van der Waals surface area contributed by atoms with Gasteiger partial charge in [-0.1, -0.05) is 31.9 Å². The topological polar surface area (TPSA) is 17.8 Å². The molecular weight excluding hydrogens is 344 g/mol. The summed E-state index contributed by atoms with van der Waals surface area (Å²) in [7, 11) is 0. The van der Waals surface area contributed by atoms with Crippen molar-refractivity contribution in [2.24, 2.45) is 0 Å². The van der Waals surface area contributed by atoms with Crippen LogP contribution in [0, 0.1) is 20.8 Å². The van der Waals surface area contributed by atoms with Gasteiger partial charge >= 0.3 is 0 Å². The molecule has 0 aliphatic rings. The zero-order valence-corrected chi connectivity index (χ0v) is 13.3. The summed E-state index contributed by atoms with van der Waals surface area (Å²) < 4.78 is 3.11. The number of aromatic nitrogens is 2. The van der Waals surface area contributed by atoms with Gasteiger partial charge in [0, 0.05) is 15.5 Å². The first kappa shape index (κ1) is 12.8. The van der Waals surface area contributed by atoms with E-state index in [9.17, 15) is 0 Å². The Bertz CT molecular complexity index is 559. The van der Waals surface area contributed by atoms with Crippen LogP contribution in [0.5, 0.6) is 0 Å². The van der Waals surface area contributed by atoms with Crippen molar-refractivity contribution in [3.8, 4) is 5.69 Å². The van der Waals surface area contributed by atoms with E-state index in [1.807, 2.05) is 17.7 Å². The minimum absolute atomic E-state index is 0.819. The summed E-state index contributed by atoms with van der Waals surface area (Å²) in [5.41, 5.74) is 5.91. The van der Waals surface area contributed by atoms with Crippen LogP contribution in [0.2, 0.25) is 0 Å². The first-order valence-electron chi connectivity index (χ1n) is 5.42. The van der Waals surface area contributed by atoms with Gasteiger partial charge in [0.15, 0.2) is 0 Å². The zero-order chi connectivity index (χ0) is 12.6. The highest BCUT2D eigenvalue weighted by Crippen LogP contribution is 2.24. The minimum atomic E-state index is 0.819. The molecule has 0 radical (unpaired) electrons. The molecular formula is C13H14Br2N2. The standard InChI is InChI=1S/C13H14Br2N2/c1-8-9(2)16-17(10(8)3)13-5-4-12(15)6-11(13)7-14/h4-6H,7H2,1-3H3. The van der Waals surface area contributed by atoms with Gasteiger partial charge in [-0.05, 0) is 50.1 Å². The van der Waals surface area contributed by atoms with Crippen molar-refractivity contribution in [2.75, 3.05) is 0 Å². The van der Waals surface area contributed by atoms with Crippen molar-refractivity contribution in [3.63, 3.8) is 0 Å². The molecule has 17 heavy (non-hydrogen) atoms. The van der Waals surface area contributed by atoms with Gasteiger partial charge in [-0.15, -0.1) is 0 Å². The Kier molecular flexibility index (Phi) is 3.73. The fraction of sp³-hybridized carbons (Fsp3) is 0.308. The van der Waals surface area contributed by atoms with Gasteiger partial charge in [0.25, 0.3) is 0 Å². The van der Waals surface area contributed by atoms with Gasteiger partial charge in [-0.3, -0.25) is 0 Å². The first-order chi connectivity index (χ1) is 8.04. The molecule has 2 aromatic rings. The maximum Gasteiger partial charge on any atom is 0.0690 e. The molecule has 90 valence electrons. The van der Waals surface area contributed by atoms with E-state index in [2.05, 4.69) is 62.9 Å². The first-order valence-corrected chi connectivity index (χ1v) is 7.33. The summed E-state index contributed by atoms with van der Waals surface area (Å²) in [5, 5.41) is 5.42. The minimum Gasteiger partial charge on any atom is -0.237 e. The quantitative estimate of drug-likeness (QED) is 0.726. The van der Waals surface area contributed by atoms with Crippen molar-refractivity contribution in [3.05, 3.63) is 45.2 Å². The number of aryl methyl sites for hydroxylation is 1. The monoisotopic (exact) mass is 356 g/mol. The molecule has 2 rings (SSSR count). The van der Waals surface area contributed by atoms with Gasteiger partial charge in [0.1, 0.15) is 0 Å². The SMILES string of the molecule is Cc1nn(-c2ccc(Br)cc2CBr)c(C)c1C. The number of alkyl halides is 1. The van der Waals surface area contributed by atoms with Crippen molar-refractivity contribution in [2.45, 2.75) is 26.1 Å². The Balaban J connectivity index is 2.64. The molecule has 1 heterocycles. The summed E-state index contributed by atoms with van der Waals surface area (Å²) in [4.78, 5) is 0. The van der Waals surface area contributed by atoms with Crippen LogP contribution in [-0.4, -0.2) is 9.78 Å². The van der Waals surface area contributed by atoms with E-state index in [1.54, 1.807) is 0 Å². The van der Waals surface area contributed by atoms with Crippen LogP contribution < -0.4 is 0 Å². The van der Waals surface area contributed by atoms with Gasteiger partial charge in [0.2, 0.25) is 0 Å². The predicted octanol–water partition coefficient (Wildman–Crippen LogP) is 4.45. The fourth-order valence-corrected chi connectivity index (χ4v) is 2.68. The molecule has 2 nitrogen and oxygen atoms in total. The predicted molar refractivity (Wildman–Crippen MR) is 78.1 cm³/mol. The molecule has 0 unspecified atom stereocenters. The van der Waals surface area contributed by atoms with Crippen molar-refractivity contribution in [1.82, 2.24) is 9.78 Å². The molecule has 0 atom stereocenters. The normalized spacial score (nSPS) is 10.9. The van der Waals surface area contributed by atoms with Crippen LogP contribution in [-0.2, 0) is 5.33 Å². The number of halogens is 2. The third kappa shape index (κ3) is 2.33. The van der Waals surface area contributed by atoms with E-state index in [1.165, 1.54) is 16.8 Å². The Labute approximate surface area is 118 Å². The van der Waals surface area contributed by atoms with E-state index in [4.69, 9.17) is 0 Å². The molecule has 0 spiro atoms. The van der Waals surface area contributed by atoms with Crippen LogP contribution >= 0.6 is 31.9 Å². The lowest BCUT2D eigenvalue weighted by atomic mass is 10.2.